The number of hydrogen-bond acceptors (Lipinski definition) is 8. The first-order valence-corrected chi connectivity index (χ1v) is 10.5. The van der Waals surface area contributed by atoms with Crippen molar-refractivity contribution in [2.45, 2.75) is 33.3 Å². The Balaban J connectivity index is 1.59. The van der Waals surface area contributed by atoms with Crippen LogP contribution in [0.2, 0.25) is 0 Å². The fourth-order valence-electron chi connectivity index (χ4n) is 3.27. The third-order valence-corrected chi connectivity index (χ3v) is 5.16. The van der Waals surface area contributed by atoms with Crippen molar-refractivity contribution in [3.05, 3.63) is 59.4 Å². The zero-order chi connectivity index (χ0) is 23.5. The number of aryl methyl sites for hydroxylation is 1. The summed E-state index contributed by atoms with van der Waals surface area (Å²) in [5, 5.41) is 2.72. The van der Waals surface area contributed by atoms with E-state index in [2.05, 4.69) is 25.3 Å². The lowest BCUT2D eigenvalue weighted by atomic mass is 10.1. The Morgan fingerprint density at radius 3 is 2.64 bits per heavy atom. The molecule has 2 aromatic heterocycles. The van der Waals surface area contributed by atoms with E-state index in [1.807, 2.05) is 20.8 Å². The van der Waals surface area contributed by atoms with E-state index >= 15 is 0 Å². The van der Waals surface area contributed by atoms with Crippen molar-refractivity contribution >= 4 is 17.6 Å². The number of nitrogens with zero attached hydrogens (tertiary/aromatic N) is 5. The van der Waals surface area contributed by atoms with E-state index in [9.17, 15) is 9.59 Å². The zero-order valence-corrected chi connectivity index (χ0v) is 18.8. The molecule has 1 aliphatic rings. The number of benzene rings is 1. The number of ether oxygens (including phenoxy) is 2. The van der Waals surface area contributed by atoms with Crippen LogP contribution in [-0.4, -0.2) is 56.3 Å². The van der Waals surface area contributed by atoms with Crippen molar-refractivity contribution in [2.75, 3.05) is 18.9 Å². The van der Waals surface area contributed by atoms with Crippen LogP contribution < -0.4 is 14.8 Å². The largest absolute Gasteiger partial charge is 0.490 e. The maximum Gasteiger partial charge on any atom is 0.273 e. The van der Waals surface area contributed by atoms with Crippen molar-refractivity contribution in [1.29, 1.82) is 0 Å². The summed E-state index contributed by atoms with van der Waals surface area (Å²) in [7, 11) is 1.69. The van der Waals surface area contributed by atoms with Crippen molar-refractivity contribution in [3.63, 3.8) is 0 Å². The lowest BCUT2D eigenvalue weighted by Gasteiger charge is -2.14. The molecule has 1 N–H and O–H groups in total. The Labute approximate surface area is 191 Å². The standard InChI is InChI=1S/C23H24N6O4/c1-5-29(4)23(31)17-10-27-21(12-25-17)33-19-8-15(7-18-16(19)6-14(3)32-18)22(30)28-20-11-24-13(2)9-26-20/h7-12,14H,5-6H2,1-4H3,(H,26,28,30). The first-order chi connectivity index (χ1) is 15.8. The van der Waals surface area contributed by atoms with Gasteiger partial charge in [-0.3, -0.25) is 14.6 Å². The summed E-state index contributed by atoms with van der Waals surface area (Å²) in [6.07, 6.45) is 6.39. The Kier molecular flexibility index (Phi) is 6.16. The average Bonchev–Trinajstić information content (AvgIpc) is 3.20. The van der Waals surface area contributed by atoms with Crippen LogP contribution >= 0.6 is 0 Å². The molecule has 0 radical (unpaired) electrons. The minimum Gasteiger partial charge on any atom is -0.490 e. The zero-order valence-electron chi connectivity index (χ0n) is 18.8. The van der Waals surface area contributed by atoms with Crippen molar-refractivity contribution in [3.8, 4) is 17.4 Å². The summed E-state index contributed by atoms with van der Waals surface area (Å²) in [5.41, 5.74) is 2.14. The van der Waals surface area contributed by atoms with Gasteiger partial charge in [-0.2, -0.15) is 0 Å². The fourth-order valence-corrected chi connectivity index (χ4v) is 3.27. The average molecular weight is 448 g/mol. The molecule has 10 heteroatoms. The summed E-state index contributed by atoms with van der Waals surface area (Å²) in [6, 6.07) is 3.31. The number of carbonyl (C=O) groups excluding carboxylic acids is 2. The predicted octanol–water partition coefficient (Wildman–Crippen LogP) is 3.03. The fraction of sp³-hybridized carbons (Fsp3) is 0.304. The molecule has 1 atom stereocenters. The van der Waals surface area contributed by atoms with E-state index in [1.54, 1.807) is 25.4 Å². The lowest BCUT2D eigenvalue weighted by molar-refractivity contribution is 0.0796. The monoisotopic (exact) mass is 448 g/mol. The van der Waals surface area contributed by atoms with E-state index < -0.39 is 0 Å². The molecule has 170 valence electrons. The number of anilines is 1. The number of hydrogen-bond donors (Lipinski definition) is 1. The first kappa shape index (κ1) is 22.1. The van der Waals surface area contributed by atoms with Crippen LogP contribution in [0.1, 0.15) is 46.0 Å². The molecule has 0 saturated carbocycles. The van der Waals surface area contributed by atoms with Gasteiger partial charge in [0.25, 0.3) is 11.8 Å². The smallest absolute Gasteiger partial charge is 0.273 e. The number of carbonyl (C=O) groups is 2. The molecule has 4 rings (SSSR count). The van der Waals surface area contributed by atoms with Gasteiger partial charge in [0, 0.05) is 31.1 Å². The number of rotatable bonds is 6. The van der Waals surface area contributed by atoms with Crippen LogP contribution in [-0.2, 0) is 6.42 Å². The van der Waals surface area contributed by atoms with Crippen LogP contribution in [0.25, 0.3) is 0 Å². The van der Waals surface area contributed by atoms with Crippen molar-refractivity contribution in [1.82, 2.24) is 24.8 Å². The van der Waals surface area contributed by atoms with Crippen LogP contribution in [0.3, 0.4) is 0 Å². The molecular formula is C23H24N6O4. The Morgan fingerprint density at radius 1 is 1.15 bits per heavy atom. The van der Waals surface area contributed by atoms with Gasteiger partial charge < -0.3 is 19.7 Å². The SMILES string of the molecule is CCN(C)C(=O)c1cnc(Oc2cc(C(=O)Nc3cnc(C)cn3)cc3c2CC(C)O3)cn1. The van der Waals surface area contributed by atoms with E-state index in [4.69, 9.17) is 9.47 Å². The summed E-state index contributed by atoms with van der Waals surface area (Å²) in [5.74, 6) is 0.956. The number of fused-ring (bicyclic) bond motifs is 1. The molecule has 0 aliphatic carbocycles. The maximum atomic E-state index is 12.8. The Morgan fingerprint density at radius 2 is 1.97 bits per heavy atom. The highest BCUT2D eigenvalue weighted by Crippen LogP contribution is 2.39. The van der Waals surface area contributed by atoms with Gasteiger partial charge in [-0.15, -0.1) is 0 Å². The van der Waals surface area contributed by atoms with Crippen LogP contribution in [0.4, 0.5) is 5.82 Å². The van der Waals surface area contributed by atoms with Gasteiger partial charge in [0.05, 0.1) is 30.5 Å². The van der Waals surface area contributed by atoms with Gasteiger partial charge >= 0.3 is 0 Å². The van der Waals surface area contributed by atoms with Gasteiger partial charge in [0.2, 0.25) is 5.88 Å². The molecule has 33 heavy (non-hydrogen) atoms. The summed E-state index contributed by atoms with van der Waals surface area (Å²) >= 11 is 0. The second kappa shape index (κ2) is 9.19. The molecule has 3 aromatic rings. The molecule has 0 bridgehead atoms. The van der Waals surface area contributed by atoms with Gasteiger partial charge in [-0.25, -0.2) is 15.0 Å². The van der Waals surface area contributed by atoms with Crippen molar-refractivity contribution in [2.24, 2.45) is 0 Å². The molecule has 10 nitrogen and oxygen atoms in total. The molecule has 0 saturated heterocycles. The minimum atomic E-state index is -0.376. The number of aromatic nitrogens is 4. The highest BCUT2D eigenvalue weighted by molar-refractivity contribution is 6.04. The molecule has 3 heterocycles. The van der Waals surface area contributed by atoms with Gasteiger partial charge in [-0.1, -0.05) is 0 Å². The number of amides is 2. The second-order valence-corrected chi connectivity index (χ2v) is 7.74. The first-order valence-electron chi connectivity index (χ1n) is 10.5. The molecule has 1 unspecified atom stereocenters. The van der Waals surface area contributed by atoms with Gasteiger partial charge in [0.1, 0.15) is 23.3 Å². The summed E-state index contributed by atoms with van der Waals surface area (Å²) in [6.45, 7) is 6.19. The minimum absolute atomic E-state index is 0.0562. The molecular weight excluding hydrogens is 424 g/mol. The predicted molar refractivity (Wildman–Crippen MR) is 120 cm³/mol. The summed E-state index contributed by atoms with van der Waals surface area (Å²) in [4.78, 5) is 43.3. The van der Waals surface area contributed by atoms with Gasteiger partial charge in [0.15, 0.2) is 5.82 Å². The maximum absolute atomic E-state index is 12.8. The third kappa shape index (κ3) is 4.89. The van der Waals surface area contributed by atoms with Crippen LogP contribution in [0.5, 0.6) is 17.4 Å². The van der Waals surface area contributed by atoms with Crippen LogP contribution in [0, 0.1) is 6.92 Å². The van der Waals surface area contributed by atoms with Crippen LogP contribution in [0.15, 0.2) is 36.9 Å². The Hall–Kier alpha value is -4.08. The van der Waals surface area contributed by atoms with Crippen molar-refractivity contribution < 1.29 is 19.1 Å². The number of nitrogens with one attached hydrogen (secondary N) is 1. The van der Waals surface area contributed by atoms with Gasteiger partial charge in [-0.05, 0) is 32.9 Å². The molecule has 0 spiro atoms. The van der Waals surface area contributed by atoms with E-state index in [1.165, 1.54) is 23.5 Å². The van der Waals surface area contributed by atoms with E-state index in [0.717, 1.165) is 11.3 Å². The summed E-state index contributed by atoms with van der Waals surface area (Å²) < 4.78 is 11.8. The molecule has 0 fully saturated rings. The van der Waals surface area contributed by atoms with E-state index in [-0.39, 0.29) is 29.5 Å². The lowest BCUT2D eigenvalue weighted by Crippen LogP contribution is -2.27. The third-order valence-electron chi connectivity index (χ3n) is 5.16. The van der Waals surface area contributed by atoms with E-state index in [0.29, 0.717) is 35.8 Å². The normalized spacial score (nSPS) is 14.2. The quantitative estimate of drug-likeness (QED) is 0.611. The highest BCUT2D eigenvalue weighted by atomic mass is 16.5. The molecule has 1 aromatic carbocycles. The topological polar surface area (TPSA) is 119 Å². The Bertz CT molecular complexity index is 1180. The molecule has 1 aliphatic heterocycles. The molecule has 2 amide bonds. The second-order valence-electron chi connectivity index (χ2n) is 7.74. The highest BCUT2D eigenvalue weighted by Gasteiger charge is 2.26.